The van der Waals surface area contributed by atoms with Gasteiger partial charge >= 0.3 is 0 Å². The van der Waals surface area contributed by atoms with Gasteiger partial charge in [-0.3, -0.25) is 4.79 Å². The van der Waals surface area contributed by atoms with Gasteiger partial charge in [0, 0.05) is 20.6 Å². The SMILES string of the molecule is C=C(C)CNC(=NCC(=O)N(C)C)NC(C)c1cccc2ccccc12. The normalized spacial score (nSPS) is 12.5. The van der Waals surface area contributed by atoms with Gasteiger partial charge in [0.25, 0.3) is 0 Å². The molecule has 0 aromatic heterocycles. The van der Waals surface area contributed by atoms with Crippen molar-refractivity contribution in [1.29, 1.82) is 0 Å². The Morgan fingerprint density at radius 2 is 1.88 bits per heavy atom. The molecule has 0 saturated heterocycles. The van der Waals surface area contributed by atoms with Crippen LogP contribution in [0.2, 0.25) is 0 Å². The van der Waals surface area contributed by atoms with Crippen molar-refractivity contribution in [3.8, 4) is 0 Å². The number of likely N-dealkylation sites (N-methyl/N-ethyl adjacent to an activating group) is 1. The van der Waals surface area contributed by atoms with Crippen molar-refractivity contribution in [3.05, 3.63) is 60.2 Å². The second-order valence-electron chi connectivity index (χ2n) is 6.70. The van der Waals surface area contributed by atoms with E-state index in [1.807, 2.05) is 19.1 Å². The molecule has 0 saturated carbocycles. The maximum Gasteiger partial charge on any atom is 0.243 e. The first-order chi connectivity index (χ1) is 12.4. The van der Waals surface area contributed by atoms with Crippen LogP contribution in [0.5, 0.6) is 0 Å². The van der Waals surface area contributed by atoms with Crippen LogP contribution in [0.3, 0.4) is 0 Å². The van der Waals surface area contributed by atoms with Crippen LogP contribution in [0.15, 0.2) is 59.6 Å². The lowest BCUT2D eigenvalue weighted by molar-refractivity contribution is -0.127. The second-order valence-corrected chi connectivity index (χ2v) is 6.70. The number of nitrogens with zero attached hydrogens (tertiary/aromatic N) is 2. The van der Waals surface area contributed by atoms with E-state index in [0.29, 0.717) is 12.5 Å². The largest absolute Gasteiger partial charge is 0.353 e. The summed E-state index contributed by atoms with van der Waals surface area (Å²) in [5.41, 5.74) is 2.18. The summed E-state index contributed by atoms with van der Waals surface area (Å²) in [5, 5.41) is 9.04. The molecule has 0 aliphatic rings. The number of amides is 1. The molecule has 0 aliphatic carbocycles. The predicted molar refractivity (Wildman–Crippen MR) is 109 cm³/mol. The molecule has 1 unspecified atom stereocenters. The van der Waals surface area contributed by atoms with Gasteiger partial charge in [-0.15, -0.1) is 0 Å². The molecule has 2 N–H and O–H groups in total. The Bertz CT molecular complexity index is 805. The van der Waals surface area contributed by atoms with E-state index in [-0.39, 0.29) is 18.5 Å². The number of rotatable bonds is 6. The average Bonchev–Trinajstić information content (AvgIpc) is 2.62. The Morgan fingerprint density at radius 3 is 2.58 bits per heavy atom. The van der Waals surface area contributed by atoms with Crippen LogP contribution in [0.25, 0.3) is 10.8 Å². The summed E-state index contributed by atoms with van der Waals surface area (Å²) < 4.78 is 0. The van der Waals surface area contributed by atoms with Crippen molar-refractivity contribution < 1.29 is 4.79 Å². The van der Waals surface area contributed by atoms with Crippen LogP contribution in [0, 0.1) is 0 Å². The van der Waals surface area contributed by atoms with Crippen LogP contribution in [-0.4, -0.2) is 44.0 Å². The Labute approximate surface area is 155 Å². The predicted octanol–water partition coefficient (Wildman–Crippen LogP) is 3.10. The first kappa shape index (κ1) is 19.5. The quantitative estimate of drug-likeness (QED) is 0.477. The monoisotopic (exact) mass is 352 g/mol. The fraction of sp³-hybridized carbons (Fsp3) is 0.333. The van der Waals surface area contributed by atoms with Crippen LogP contribution in [0.4, 0.5) is 0 Å². The van der Waals surface area contributed by atoms with Crippen molar-refractivity contribution in [2.45, 2.75) is 19.9 Å². The van der Waals surface area contributed by atoms with E-state index in [1.54, 1.807) is 14.1 Å². The van der Waals surface area contributed by atoms with Crippen molar-refractivity contribution >= 4 is 22.6 Å². The van der Waals surface area contributed by atoms with Gasteiger partial charge in [0.2, 0.25) is 5.91 Å². The summed E-state index contributed by atoms with van der Waals surface area (Å²) in [6.07, 6.45) is 0. The number of hydrogen-bond acceptors (Lipinski definition) is 2. The highest BCUT2D eigenvalue weighted by Crippen LogP contribution is 2.23. The van der Waals surface area contributed by atoms with E-state index >= 15 is 0 Å². The fourth-order valence-electron chi connectivity index (χ4n) is 2.59. The fourth-order valence-corrected chi connectivity index (χ4v) is 2.59. The molecular weight excluding hydrogens is 324 g/mol. The van der Waals surface area contributed by atoms with E-state index in [9.17, 15) is 4.79 Å². The highest BCUT2D eigenvalue weighted by atomic mass is 16.2. The van der Waals surface area contributed by atoms with E-state index in [2.05, 4.69) is 59.5 Å². The number of guanidine groups is 1. The molecule has 0 aliphatic heterocycles. The number of fused-ring (bicyclic) bond motifs is 1. The molecule has 0 spiro atoms. The van der Waals surface area contributed by atoms with Crippen molar-refractivity contribution in [2.75, 3.05) is 27.2 Å². The minimum Gasteiger partial charge on any atom is -0.353 e. The molecule has 0 fully saturated rings. The van der Waals surface area contributed by atoms with E-state index < -0.39 is 0 Å². The molecule has 26 heavy (non-hydrogen) atoms. The molecule has 0 bridgehead atoms. The van der Waals surface area contributed by atoms with E-state index in [4.69, 9.17) is 0 Å². The van der Waals surface area contributed by atoms with Crippen LogP contribution in [0.1, 0.15) is 25.5 Å². The van der Waals surface area contributed by atoms with Gasteiger partial charge in [0.1, 0.15) is 6.54 Å². The van der Waals surface area contributed by atoms with Crippen molar-refractivity contribution in [3.63, 3.8) is 0 Å². The Hall–Kier alpha value is -2.82. The van der Waals surface area contributed by atoms with Crippen molar-refractivity contribution in [1.82, 2.24) is 15.5 Å². The molecule has 2 rings (SSSR count). The molecule has 5 heteroatoms. The Morgan fingerprint density at radius 1 is 1.19 bits per heavy atom. The van der Waals surface area contributed by atoms with E-state index in [0.717, 1.165) is 5.57 Å². The Kier molecular flexibility index (Phi) is 6.78. The molecule has 1 atom stereocenters. The standard InChI is InChI=1S/C21H28N4O/c1-15(2)13-22-21(23-14-20(26)25(4)5)24-16(3)18-12-8-10-17-9-6-7-11-19(17)18/h6-12,16H,1,13-14H2,2-5H3,(H2,22,23,24). The summed E-state index contributed by atoms with van der Waals surface area (Å²) in [5.74, 6) is 0.558. The van der Waals surface area contributed by atoms with Gasteiger partial charge in [-0.05, 0) is 30.2 Å². The third-order valence-corrected chi connectivity index (χ3v) is 4.07. The number of nitrogens with one attached hydrogen (secondary N) is 2. The zero-order valence-electron chi connectivity index (χ0n) is 16.0. The lowest BCUT2D eigenvalue weighted by atomic mass is 10.00. The summed E-state index contributed by atoms with van der Waals surface area (Å²) in [6, 6.07) is 14.6. The lowest BCUT2D eigenvalue weighted by Gasteiger charge is -2.20. The highest BCUT2D eigenvalue weighted by molar-refractivity contribution is 5.88. The number of benzene rings is 2. The second kappa shape index (κ2) is 9.04. The Balaban J connectivity index is 2.21. The zero-order valence-corrected chi connectivity index (χ0v) is 16.0. The summed E-state index contributed by atoms with van der Waals surface area (Å²) in [7, 11) is 3.45. The topological polar surface area (TPSA) is 56.7 Å². The molecule has 138 valence electrons. The third kappa shape index (κ3) is 5.34. The van der Waals surface area contributed by atoms with Crippen LogP contribution >= 0.6 is 0 Å². The smallest absolute Gasteiger partial charge is 0.243 e. The molecule has 1 amide bonds. The minimum absolute atomic E-state index is 0.0342. The number of hydrogen-bond donors (Lipinski definition) is 2. The van der Waals surface area contributed by atoms with E-state index in [1.165, 1.54) is 21.2 Å². The van der Waals surface area contributed by atoms with Gasteiger partial charge in [-0.2, -0.15) is 0 Å². The van der Waals surface area contributed by atoms with Crippen molar-refractivity contribution in [2.24, 2.45) is 4.99 Å². The summed E-state index contributed by atoms with van der Waals surface area (Å²) >= 11 is 0. The zero-order chi connectivity index (χ0) is 19.1. The first-order valence-corrected chi connectivity index (χ1v) is 8.75. The molecule has 0 heterocycles. The number of carbonyl (C=O) groups is 1. The molecule has 0 radical (unpaired) electrons. The third-order valence-electron chi connectivity index (χ3n) is 4.07. The molecule has 2 aromatic rings. The summed E-state index contributed by atoms with van der Waals surface area (Å²) in [6.45, 7) is 8.65. The molecule has 2 aromatic carbocycles. The van der Waals surface area contributed by atoms with Crippen LogP contribution in [-0.2, 0) is 4.79 Å². The first-order valence-electron chi connectivity index (χ1n) is 8.75. The van der Waals surface area contributed by atoms with Gasteiger partial charge in [-0.1, -0.05) is 54.6 Å². The average molecular weight is 352 g/mol. The highest BCUT2D eigenvalue weighted by Gasteiger charge is 2.12. The van der Waals surface area contributed by atoms with Gasteiger partial charge in [0.05, 0.1) is 6.04 Å². The number of aliphatic imine (C=N–C) groups is 1. The van der Waals surface area contributed by atoms with Gasteiger partial charge in [-0.25, -0.2) is 4.99 Å². The lowest BCUT2D eigenvalue weighted by Crippen LogP contribution is -2.40. The maximum atomic E-state index is 11.9. The summed E-state index contributed by atoms with van der Waals surface area (Å²) in [4.78, 5) is 17.8. The maximum absolute atomic E-state index is 11.9. The number of carbonyl (C=O) groups excluding carboxylic acids is 1. The van der Waals surface area contributed by atoms with Crippen LogP contribution < -0.4 is 10.6 Å². The molecular formula is C21H28N4O. The minimum atomic E-state index is -0.0424. The van der Waals surface area contributed by atoms with Gasteiger partial charge < -0.3 is 15.5 Å². The van der Waals surface area contributed by atoms with Gasteiger partial charge in [0.15, 0.2) is 5.96 Å². The molecule has 5 nitrogen and oxygen atoms in total.